The van der Waals surface area contributed by atoms with Gasteiger partial charge in [-0.3, -0.25) is 14.5 Å². The van der Waals surface area contributed by atoms with E-state index in [1.165, 1.54) is 0 Å². The number of likely N-dealkylation sites (tertiary alicyclic amines) is 1. The maximum Gasteiger partial charge on any atom is 0.227 e. The maximum absolute atomic E-state index is 13.1. The van der Waals surface area contributed by atoms with Gasteiger partial charge in [0.2, 0.25) is 5.91 Å². The molecule has 6 nitrogen and oxygen atoms in total. The van der Waals surface area contributed by atoms with Crippen molar-refractivity contribution in [1.82, 2.24) is 19.7 Å². The van der Waals surface area contributed by atoms with Crippen LogP contribution in [0.2, 0.25) is 0 Å². The third kappa shape index (κ3) is 3.97. The van der Waals surface area contributed by atoms with Crippen LogP contribution in [-0.2, 0) is 11.3 Å². The van der Waals surface area contributed by atoms with Crippen molar-refractivity contribution >= 4 is 22.5 Å². The second kappa shape index (κ2) is 7.85. The number of carbonyl (C=O) groups excluding carboxylic acids is 1. The number of aryl methyl sites for hydroxylation is 2. The zero-order chi connectivity index (χ0) is 20.5. The first-order valence-electron chi connectivity index (χ1n) is 10.4. The van der Waals surface area contributed by atoms with Crippen molar-refractivity contribution in [2.24, 2.45) is 5.92 Å². The third-order valence-electron chi connectivity index (χ3n) is 5.88. The van der Waals surface area contributed by atoms with Crippen LogP contribution in [0.5, 0.6) is 0 Å². The molecule has 0 saturated carbocycles. The van der Waals surface area contributed by atoms with E-state index in [0.29, 0.717) is 13.1 Å². The zero-order valence-corrected chi connectivity index (χ0v) is 17.4. The second-order valence-electron chi connectivity index (χ2n) is 8.29. The highest BCUT2D eigenvalue weighted by Gasteiger charge is 2.29. The molecular formula is C23H29N5O. The molecule has 2 unspecified atom stereocenters. The Bertz CT molecular complexity index is 1040. The number of rotatable bonds is 4. The van der Waals surface area contributed by atoms with Crippen LogP contribution in [0.3, 0.4) is 0 Å². The summed E-state index contributed by atoms with van der Waals surface area (Å²) in [4.78, 5) is 20.0. The molecule has 2 atom stereocenters. The predicted molar refractivity (Wildman–Crippen MR) is 116 cm³/mol. The monoisotopic (exact) mass is 391 g/mol. The Labute approximate surface area is 171 Å². The number of nitrogens with two attached hydrogens (primary N) is 1. The molecule has 152 valence electrons. The molecular weight excluding hydrogens is 362 g/mol. The number of anilines is 1. The van der Waals surface area contributed by atoms with E-state index < -0.39 is 0 Å². The zero-order valence-electron chi connectivity index (χ0n) is 17.4. The van der Waals surface area contributed by atoms with Crippen molar-refractivity contribution in [3.05, 3.63) is 53.5 Å². The van der Waals surface area contributed by atoms with Crippen LogP contribution in [0, 0.1) is 19.8 Å². The summed E-state index contributed by atoms with van der Waals surface area (Å²) in [6.07, 6.45) is 1.97. The fourth-order valence-corrected chi connectivity index (χ4v) is 4.38. The Hall–Kier alpha value is -2.89. The Morgan fingerprint density at radius 1 is 1.28 bits per heavy atom. The number of fused-ring (bicyclic) bond motifs is 1. The van der Waals surface area contributed by atoms with E-state index in [2.05, 4.69) is 5.10 Å². The number of amides is 1. The summed E-state index contributed by atoms with van der Waals surface area (Å²) >= 11 is 0. The van der Waals surface area contributed by atoms with Crippen molar-refractivity contribution in [3.8, 4) is 0 Å². The summed E-state index contributed by atoms with van der Waals surface area (Å²) in [6.45, 7) is 8.08. The van der Waals surface area contributed by atoms with Crippen LogP contribution in [0.15, 0.2) is 36.4 Å². The number of hydrogen-bond acceptors (Lipinski definition) is 4. The molecule has 3 heterocycles. The Balaban J connectivity index is 1.50. The van der Waals surface area contributed by atoms with Gasteiger partial charge in [0.25, 0.3) is 0 Å². The van der Waals surface area contributed by atoms with E-state index in [0.717, 1.165) is 53.1 Å². The van der Waals surface area contributed by atoms with Crippen LogP contribution in [0.1, 0.15) is 42.8 Å². The molecule has 4 rings (SSSR count). The fraction of sp³-hybridized carbons (Fsp3) is 0.435. The summed E-state index contributed by atoms with van der Waals surface area (Å²) in [6, 6.07) is 12.1. The molecule has 1 amide bonds. The Morgan fingerprint density at radius 2 is 2.07 bits per heavy atom. The van der Waals surface area contributed by atoms with Crippen LogP contribution < -0.4 is 5.73 Å². The number of hydrogen-bond donors (Lipinski definition) is 1. The number of carbonyl (C=O) groups is 1. The first-order valence-corrected chi connectivity index (χ1v) is 10.4. The minimum Gasteiger partial charge on any atom is -0.397 e. The number of benzene rings is 1. The molecule has 1 aromatic carbocycles. The summed E-state index contributed by atoms with van der Waals surface area (Å²) in [7, 11) is 0. The van der Waals surface area contributed by atoms with E-state index in [-0.39, 0.29) is 17.7 Å². The van der Waals surface area contributed by atoms with Gasteiger partial charge in [-0.2, -0.15) is 5.10 Å². The number of aromatic nitrogens is 3. The topological polar surface area (TPSA) is 77.0 Å². The van der Waals surface area contributed by atoms with E-state index in [1.807, 2.05) is 66.8 Å². The molecule has 0 bridgehead atoms. The van der Waals surface area contributed by atoms with Gasteiger partial charge in [0, 0.05) is 30.1 Å². The lowest BCUT2D eigenvalue weighted by molar-refractivity contribution is -0.136. The maximum atomic E-state index is 13.1. The molecule has 1 aliphatic rings. The SMILES string of the molecule is Cc1cc(C)n(CC(C)C(=O)N2CCCC(c3nc4ccccc4cc3N)C2)n1. The molecule has 1 fully saturated rings. The lowest BCUT2D eigenvalue weighted by Crippen LogP contribution is -2.43. The summed E-state index contributed by atoms with van der Waals surface area (Å²) in [5.74, 6) is 0.244. The van der Waals surface area contributed by atoms with E-state index in [1.54, 1.807) is 0 Å². The molecule has 2 N–H and O–H groups in total. The lowest BCUT2D eigenvalue weighted by Gasteiger charge is -2.34. The molecule has 0 radical (unpaired) electrons. The van der Waals surface area contributed by atoms with Gasteiger partial charge >= 0.3 is 0 Å². The largest absolute Gasteiger partial charge is 0.397 e. The van der Waals surface area contributed by atoms with Crippen molar-refractivity contribution in [2.45, 2.75) is 46.1 Å². The van der Waals surface area contributed by atoms with Crippen LogP contribution in [-0.4, -0.2) is 38.7 Å². The first kappa shape index (κ1) is 19.4. The molecule has 1 aliphatic heterocycles. The van der Waals surface area contributed by atoms with Crippen molar-refractivity contribution in [2.75, 3.05) is 18.8 Å². The van der Waals surface area contributed by atoms with Gasteiger partial charge in [-0.05, 0) is 44.9 Å². The molecule has 0 aliphatic carbocycles. The van der Waals surface area contributed by atoms with Crippen LogP contribution in [0.4, 0.5) is 5.69 Å². The predicted octanol–water partition coefficient (Wildman–Crippen LogP) is 3.67. The van der Waals surface area contributed by atoms with Crippen molar-refractivity contribution < 1.29 is 4.79 Å². The average Bonchev–Trinajstić information content (AvgIpc) is 3.03. The normalized spacial score (nSPS) is 18.2. The average molecular weight is 392 g/mol. The Kier molecular flexibility index (Phi) is 5.26. The highest BCUT2D eigenvalue weighted by Crippen LogP contribution is 2.32. The minimum absolute atomic E-state index is 0.117. The molecule has 29 heavy (non-hydrogen) atoms. The van der Waals surface area contributed by atoms with Gasteiger partial charge in [0.1, 0.15) is 0 Å². The highest BCUT2D eigenvalue weighted by molar-refractivity contribution is 5.82. The lowest BCUT2D eigenvalue weighted by atomic mass is 9.92. The van der Waals surface area contributed by atoms with Gasteiger partial charge < -0.3 is 10.6 Å². The number of para-hydroxylation sites is 1. The third-order valence-corrected chi connectivity index (χ3v) is 5.88. The summed E-state index contributed by atoms with van der Waals surface area (Å²) in [5, 5.41) is 5.55. The van der Waals surface area contributed by atoms with E-state index in [9.17, 15) is 4.79 Å². The number of nitrogen functional groups attached to an aromatic ring is 1. The number of nitrogens with zero attached hydrogens (tertiary/aromatic N) is 4. The van der Waals surface area contributed by atoms with Crippen molar-refractivity contribution in [3.63, 3.8) is 0 Å². The van der Waals surface area contributed by atoms with Crippen LogP contribution in [0.25, 0.3) is 10.9 Å². The van der Waals surface area contributed by atoms with Crippen molar-refractivity contribution in [1.29, 1.82) is 0 Å². The second-order valence-corrected chi connectivity index (χ2v) is 8.29. The van der Waals surface area contributed by atoms with Gasteiger partial charge in [-0.1, -0.05) is 25.1 Å². The van der Waals surface area contributed by atoms with Gasteiger partial charge in [-0.15, -0.1) is 0 Å². The van der Waals surface area contributed by atoms with Gasteiger partial charge in [0.15, 0.2) is 0 Å². The molecule has 6 heteroatoms. The molecule has 1 saturated heterocycles. The summed E-state index contributed by atoms with van der Waals surface area (Å²) < 4.78 is 1.93. The standard InChI is InChI=1S/C23H29N5O/c1-15(13-28-17(3)11-16(2)26-28)23(29)27-10-6-8-19(14-27)22-20(24)12-18-7-4-5-9-21(18)25-22/h4-5,7,9,11-12,15,19H,6,8,10,13-14,24H2,1-3H3. The fourth-order valence-electron chi connectivity index (χ4n) is 4.38. The molecule has 0 spiro atoms. The van der Waals surface area contributed by atoms with E-state index >= 15 is 0 Å². The summed E-state index contributed by atoms with van der Waals surface area (Å²) in [5.41, 5.74) is 11.0. The highest BCUT2D eigenvalue weighted by atomic mass is 16.2. The van der Waals surface area contributed by atoms with Gasteiger partial charge in [-0.25, -0.2) is 0 Å². The molecule has 3 aromatic rings. The minimum atomic E-state index is -0.117. The van der Waals surface area contributed by atoms with Gasteiger partial charge in [0.05, 0.1) is 35.1 Å². The Morgan fingerprint density at radius 3 is 2.83 bits per heavy atom. The quantitative estimate of drug-likeness (QED) is 0.736. The smallest absolute Gasteiger partial charge is 0.227 e. The molecule has 2 aromatic heterocycles. The van der Waals surface area contributed by atoms with E-state index in [4.69, 9.17) is 10.7 Å². The number of piperidine rings is 1. The van der Waals surface area contributed by atoms with Crippen LogP contribution >= 0.6 is 0 Å². The number of pyridine rings is 1. The first-order chi connectivity index (χ1) is 13.9.